The molecule has 37 heavy (non-hydrogen) atoms. The lowest BCUT2D eigenvalue weighted by Gasteiger charge is -2.32. The standard InChI is InChI=1S/C21H25F6N7O3/c1-12(31-15-10-30-32-18(36)17(15)21(25,26)27)11-37-33(2)16(35)7-13-3-5-34(6-4-13)19-28-8-14(9-29-19)20(22,23)24/h8-10,12-13H,3-7,11H2,1-2H3,(H2,31,32,36). The van der Waals surface area contributed by atoms with Crippen molar-refractivity contribution in [3.63, 3.8) is 0 Å². The number of amides is 1. The van der Waals surface area contributed by atoms with E-state index < -0.39 is 40.8 Å². The SMILES string of the molecule is CC(CON(C)C(=O)CC1CCN(c2ncc(C(F)(F)F)cn2)CC1)Nc1cn[nH]c(=O)c1C(F)(F)F. The number of nitrogens with one attached hydrogen (secondary N) is 2. The van der Waals surface area contributed by atoms with Crippen LogP contribution in [0, 0.1) is 5.92 Å². The summed E-state index contributed by atoms with van der Waals surface area (Å²) in [5, 5.41) is 8.64. The monoisotopic (exact) mass is 537 g/mol. The van der Waals surface area contributed by atoms with Crippen molar-refractivity contribution >= 4 is 17.5 Å². The number of carbonyl (C=O) groups is 1. The number of halogens is 6. The van der Waals surface area contributed by atoms with E-state index in [4.69, 9.17) is 4.84 Å². The van der Waals surface area contributed by atoms with Crippen LogP contribution >= 0.6 is 0 Å². The summed E-state index contributed by atoms with van der Waals surface area (Å²) in [7, 11) is 1.39. The molecular weight excluding hydrogens is 512 g/mol. The summed E-state index contributed by atoms with van der Waals surface area (Å²) in [5.41, 5.74) is -4.23. The number of hydrogen-bond donors (Lipinski definition) is 2. The van der Waals surface area contributed by atoms with Crippen LogP contribution in [-0.4, -0.2) is 63.9 Å². The van der Waals surface area contributed by atoms with E-state index in [9.17, 15) is 35.9 Å². The van der Waals surface area contributed by atoms with Crippen molar-refractivity contribution in [2.24, 2.45) is 5.92 Å². The van der Waals surface area contributed by atoms with Crippen LogP contribution in [0.3, 0.4) is 0 Å². The van der Waals surface area contributed by atoms with Crippen molar-refractivity contribution in [2.75, 3.05) is 37.0 Å². The van der Waals surface area contributed by atoms with E-state index >= 15 is 0 Å². The van der Waals surface area contributed by atoms with E-state index in [0.717, 1.165) is 23.7 Å². The molecule has 2 N–H and O–H groups in total. The summed E-state index contributed by atoms with van der Waals surface area (Å²) >= 11 is 0. The summed E-state index contributed by atoms with van der Waals surface area (Å²) in [6, 6.07) is -0.702. The maximum absolute atomic E-state index is 13.2. The quantitative estimate of drug-likeness (QED) is 0.390. The first-order valence-electron chi connectivity index (χ1n) is 11.2. The zero-order valence-electron chi connectivity index (χ0n) is 19.9. The van der Waals surface area contributed by atoms with Crippen molar-refractivity contribution in [2.45, 2.75) is 44.6 Å². The number of hydroxylamine groups is 2. The van der Waals surface area contributed by atoms with Crippen LogP contribution in [0.25, 0.3) is 0 Å². The molecular formula is C21H25F6N7O3. The zero-order chi connectivity index (χ0) is 27.4. The number of hydrogen-bond acceptors (Lipinski definition) is 8. The highest BCUT2D eigenvalue weighted by Crippen LogP contribution is 2.32. The van der Waals surface area contributed by atoms with Crippen molar-refractivity contribution in [1.29, 1.82) is 0 Å². The highest BCUT2D eigenvalue weighted by Gasteiger charge is 2.37. The number of rotatable bonds is 8. The second-order valence-electron chi connectivity index (χ2n) is 8.62. The third kappa shape index (κ3) is 7.53. The van der Waals surface area contributed by atoms with Crippen molar-refractivity contribution in [3.05, 3.63) is 40.1 Å². The molecule has 3 heterocycles. The molecule has 2 aromatic rings. The molecule has 16 heteroatoms. The van der Waals surface area contributed by atoms with Crippen LogP contribution in [0.4, 0.5) is 38.0 Å². The lowest BCUT2D eigenvalue weighted by atomic mass is 9.93. The van der Waals surface area contributed by atoms with Gasteiger partial charge in [-0.2, -0.15) is 31.4 Å². The first-order valence-corrected chi connectivity index (χ1v) is 11.2. The fourth-order valence-electron chi connectivity index (χ4n) is 3.74. The molecule has 10 nitrogen and oxygen atoms in total. The van der Waals surface area contributed by atoms with E-state index in [1.54, 1.807) is 10.00 Å². The van der Waals surface area contributed by atoms with Crippen LogP contribution < -0.4 is 15.8 Å². The maximum atomic E-state index is 13.2. The van der Waals surface area contributed by atoms with Gasteiger partial charge in [0.1, 0.15) is 5.56 Å². The summed E-state index contributed by atoms with van der Waals surface area (Å²) in [4.78, 5) is 38.8. The Labute approximate surface area is 207 Å². The molecule has 204 valence electrons. The fraction of sp³-hybridized carbons (Fsp3) is 0.571. The van der Waals surface area contributed by atoms with Gasteiger partial charge in [0, 0.05) is 45.0 Å². The van der Waals surface area contributed by atoms with Gasteiger partial charge in [-0.15, -0.1) is 0 Å². The molecule has 1 aliphatic heterocycles. The Kier molecular flexibility index (Phi) is 8.60. The summed E-state index contributed by atoms with van der Waals surface area (Å²) in [5.74, 6) is -0.162. The number of aromatic nitrogens is 4. The van der Waals surface area contributed by atoms with E-state index in [1.807, 2.05) is 0 Å². The highest BCUT2D eigenvalue weighted by molar-refractivity contribution is 5.75. The minimum atomic E-state index is -4.89. The highest BCUT2D eigenvalue weighted by atomic mass is 19.4. The van der Waals surface area contributed by atoms with Gasteiger partial charge in [0.25, 0.3) is 5.56 Å². The molecule has 3 rings (SSSR count). The predicted molar refractivity (Wildman–Crippen MR) is 118 cm³/mol. The molecule has 0 aliphatic carbocycles. The summed E-state index contributed by atoms with van der Waals surface area (Å²) in [6.07, 6.45) is -5.78. The second-order valence-corrected chi connectivity index (χ2v) is 8.62. The fourth-order valence-corrected chi connectivity index (χ4v) is 3.74. The Hall–Kier alpha value is -3.43. The van der Waals surface area contributed by atoms with Gasteiger partial charge in [-0.1, -0.05) is 0 Å². The van der Waals surface area contributed by atoms with E-state index in [-0.39, 0.29) is 30.8 Å². The molecule has 1 amide bonds. The number of carbonyl (C=O) groups excluding carboxylic acids is 1. The first kappa shape index (κ1) is 28.1. The number of H-pyrrole nitrogens is 1. The minimum Gasteiger partial charge on any atom is -0.378 e. The smallest absolute Gasteiger partial charge is 0.378 e. The third-order valence-corrected chi connectivity index (χ3v) is 5.74. The number of alkyl halides is 6. The average Bonchev–Trinajstić information content (AvgIpc) is 2.81. The second kappa shape index (κ2) is 11.3. The average molecular weight is 537 g/mol. The van der Waals surface area contributed by atoms with Gasteiger partial charge in [-0.05, 0) is 25.7 Å². The molecule has 1 unspecified atom stereocenters. The summed E-state index contributed by atoms with van der Waals surface area (Å²) in [6.45, 7) is 2.26. The Morgan fingerprint density at radius 2 is 1.78 bits per heavy atom. The molecule has 0 spiro atoms. The van der Waals surface area contributed by atoms with Gasteiger partial charge in [0.15, 0.2) is 0 Å². The number of anilines is 2. The van der Waals surface area contributed by atoms with Crippen LogP contribution in [0.5, 0.6) is 0 Å². The lowest BCUT2D eigenvalue weighted by Crippen LogP contribution is -2.38. The van der Waals surface area contributed by atoms with Crippen LogP contribution in [-0.2, 0) is 22.0 Å². The van der Waals surface area contributed by atoms with Gasteiger partial charge in [-0.3, -0.25) is 14.4 Å². The minimum absolute atomic E-state index is 0.00346. The molecule has 1 atom stereocenters. The van der Waals surface area contributed by atoms with Crippen molar-refractivity contribution < 1.29 is 36.0 Å². The van der Waals surface area contributed by atoms with Crippen LogP contribution in [0.2, 0.25) is 0 Å². The molecule has 1 fully saturated rings. The van der Waals surface area contributed by atoms with E-state index in [1.165, 1.54) is 14.0 Å². The molecule has 2 aromatic heterocycles. The Balaban J connectivity index is 1.44. The van der Waals surface area contributed by atoms with E-state index in [2.05, 4.69) is 20.4 Å². The Morgan fingerprint density at radius 3 is 2.35 bits per heavy atom. The first-order chi connectivity index (χ1) is 17.3. The van der Waals surface area contributed by atoms with Crippen LogP contribution in [0.1, 0.15) is 37.3 Å². The van der Waals surface area contributed by atoms with Gasteiger partial charge < -0.3 is 10.2 Å². The molecule has 0 bridgehead atoms. The maximum Gasteiger partial charge on any atom is 0.423 e. The number of nitrogens with zero attached hydrogens (tertiary/aromatic N) is 5. The normalized spacial score (nSPS) is 15.9. The molecule has 1 saturated heterocycles. The van der Waals surface area contributed by atoms with Crippen molar-refractivity contribution in [1.82, 2.24) is 25.2 Å². The number of aromatic amines is 1. The zero-order valence-corrected chi connectivity index (χ0v) is 19.9. The molecule has 0 radical (unpaired) electrons. The molecule has 0 aromatic carbocycles. The Bertz CT molecular complexity index is 1120. The summed E-state index contributed by atoms with van der Waals surface area (Å²) < 4.78 is 77.5. The van der Waals surface area contributed by atoms with Crippen LogP contribution in [0.15, 0.2) is 23.4 Å². The molecule has 0 saturated carbocycles. The van der Waals surface area contributed by atoms with E-state index in [0.29, 0.717) is 25.9 Å². The van der Waals surface area contributed by atoms with Gasteiger partial charge in [0.05, 0.1) is 24.1 Å². The van der Waals surface area contributed by atoms with Gasteiger partial charge in [-0.25, -0.2) is 20.1 Å². The van der Waals surface area contributed by atoms with Gasteiger partial charge >= 0.3 is 12.4 Å². The lowest BCUT2D eigenvalue weighted by molar-refractivity contribution is -0.180. The topological polar surface area (TPSA) is 116 Å². The Morgan fingerprint density at radius 1 is 1.16 bits per heavy atom. The molecule has 1 aliphatic rings. The van der Waals surface area contributed by atoms with Gasteiger partial charge in [0.2, 0.25) is 11.9 Å². The third-order valence-electron chi connectivity index (χ3n) is 5.74. The predicted octanol–water partition coefficient (Wildman–Crippen LogP) is 3.09. The van der Waals surface area contributed by atoms with Crippen molar-refractivity contribution in [3.8, 4) is 0 Å². The number of piperidine rings is 1. The largest absolute Gasteiger partial charge is 0.423 e.